The van der Waals surface area contributed by atoms with Crippen molar-refractivity contribution in [3.63, 3.8) is 0 Å². The number of para-hydroxylation sites is 1. The molecule has 1 aromatic carbocycles. The van der Waals surface area contributed by atoms with Crippen molar-refractivity contribution in [1.82, 2.24) is 20.1 Å². The molecule has 0 radical (unpaired) electrons. The van der Waals surface area contributed by atoms with Gasteiger partial charge in [0, 0.05) is 42.8 Å². The van der Waals surface area contributed by atoms with Gasteiger partial charge in [0.1, 0.15) is 0 Å². The van der Waals surface area contributed by atoms with Gasteiger partial charge in [0.2, 0.25) is 0 Å². The Hall–Kier alpha value is -2.50. The average Bonchev–Trinajstić information content (AvgIpc) is 3.13. The Labute approximate surface area is 154 Å². The second-order valence-corrected chi connectivity index (χ2v) is 6.56. The number of hydrogen-bond donors (Lipinski definition) is 2. The van der Waals surface area contributed by atoms with Gasteiger partial charge in [-0.3, -0.25) is 4.98 Å². The molecule has 0 fully saturated rings. The molecule has 0 aliphatic rings. The summed E-state index contributed by atoms with van der Waals surface area (Å²) in [6, 6.07) is 14.0. The molecule has 136 valence electrons. The molecule has 3 aromatic rings. The lowest BCUT2D eigenvalue weighted by molar-refractivity contribution is 0.0323. The van der Waals surface area contributed by atoms with Crippen LogP contribution in [0.15, 0.2) is 61.1 Å². The van der Waals surface area contributed by atoms with E-state index in [-0.39, 0.29) is 0 Å². The Morgan fingerprint density at radius 3 is 2.50 bits per heavy atom. The maximum Gasteiger partial charge on any atom is 0.0988 e. The fourth-order valence-electron chi connectivity index (χ4n) is 2.93. The highest BCUT2D eigenvalue weighted by molar-refractivity contribution is 5.62. The van der Waals surface area contributed by atoms with Gasteiger partial charge in [-0.2, -0.15) is 5.10 Å². The largest absolute Gasteiger partial charge is 0.389 e. The Morgan fingerprint density at radius 1 is 1.08 bits per heavy atom. The first-order chi connectivity index (χ1) is 12.6. The van der Waals surface area contributed by atoms with Crippen molar-refractivity contribution in [3.05, 3.63) is 66.6 Å². The van der Waals surface area contributed by atoms with Crippen molar-refractivity contribution in [3.8, 4) is 16.9 Å². The fourth-order valence-corrected chi connectivity index (χ4v) is 2.93. The van der Waals surface area contributed by atoms with Gasteiger partial charge in [-0.1, -0.05) is 32.0 Å². The van der Waals surface area contributed by atoms with E-state index in [0.29, 0.717) is 13.1 Å². The lowest BCUT2D eigenvalue weighted by Crippen LogP contribution is -2.39. The van der Waals surface area contributed by atoms with Crippen LogP contribution in [-0.4, -0.2) is 32.0 Å². The minimum Gasteiger partial charge on any atom is -0.389 e. The van der Waals surface area contributed by atoms with Gasteiger partial charge in [0.25, 0.3) is 0 Å². The van der Waals surface area contributed by atoms with Gasteiger partial charge < -0.3 is 10.4 Å². The molecule has 3 rings (SSSR count). The summed E-state index contributed by atoms with van der Waals surface area (Å²) in [5, 5.41) is 18.7. The molecule has 0 atom stereocenters. The molecule has 26 heavy (non-hydrogen) atoms. The summed E-state index contributed by atoms with van der Waals surface area (Å²) in [6.45, 7) is 5.22. The molecule has 0 saturated carbocycles. The third kappa shape index (κ3) is 4.18. The van der Waals surface area contributed by atoms with E-state index in [0.717, 1.165) is 35.3 Å². The highest BCUT2D eigenvalue weighted by Crippen LogP contribution is 2.23. The highest BCUT2D eigenvalue weighted by atomic mass is 16.3. The van der Waals surface area contributed by atoms with Crippen LogP contribution >= 0.6 is 0 Å². The van der Waals surface area contributed by atoms with Gasteiger partial charge in [-0.05, 0) is 37.1 Å². The van der Waals surface area contributed by atoms with Crippen LogP contribution < -0.4 is 5.32 Å². The molecule has 2 aromatic heterocycles. The van der Waals surface area contributed by atoms with E-state index in [1.807, 2.05) is 73.4 Å². The van der Waals surface area contributed by atoms with Gasteiger partial charge in [-0.15, -0.1) is 0 Å². The third-order valence-corrected chi connectivity index (χ3v) is 4.83. The second-order valence-electron chi connectivity index (χ2n) is 6.56. The van der Waals surface area contributed by atoms with Crippen LogP contribution in [0.3, 0.4) is 0 Å². The normalized spacial score (nSPS) is 11.7. The zero-order valence-electron chi connectivity index (χ0n) is 15.4. The first-order valence-corrected chi connectivity index (χ1v) is 9.12. The first kappa shape index (κ1) is 18.3. The Bertz CT molecular complexity index is 811. The quantitative estimate of drug-likeness (QED) is 0.652. The Balaban J connectivity index is 1.86. The van der Waals surface area contributed by atoms with E-state index in [1.54, 1.807) is 6.20 Å². The number of rotatable bonds is 8. The summed E-state index contributed by atoms with van der Waals surface area (Å²) in [6.07, 6.45) is 7.10. The van der Waals surface area contributed by atoms with Crippen LogP contribution in [0.5, 0.6) is 0 Å². The fraction of sp³-hybridized carbons (Fsp3) is 0.333. The number of aromatic nitrogens is 3. The van der Waals surface area contributed by atoms with Crippen LogP contribution in [0, 0.1) is 0 Å². The summed E-state index contributed by atoms with van der Waals surface area (Å²) in [4.78, 5) is 4.22. The molecule has 5 nitrogen and oxygen atoms in total. The standard InChI is InChI=1S/C21H26N4O/c1-3-21(26,4-2)16-23-14-18-15-25(19-10-6-5-7-11-19)24-20(18)17-9-8-12-22-13-17/h5-13,15,23,26H,3-4,14,16H2,1-2H3. The summed E-state index contributed by atoms with van der Waals surface area (Å²) in [5.41, 5.74) is 3.33. The average molecular weight is 350 g/mol. The van der Waals surface area contributed by atoms with Gasteiger partial charge >= 0.3 is 0 Å². The molecular formula is C21H26N4O. The van der Waals surface area contributed by atoms with Gasteiger partial charge in [0.15, 0.2) is 0 Å². The smallest absolute Gasteiger partial charge is 0.0988 e. The molecule has 0 amide bonds. The SMILES string of the molecule is CCC(O)(CC)CNCc1cn(-c2ccccc2)nc1-c1cccnc1. The topological polar surface area (TPSA) is 63.0 Å². The highest BCUT2D eigenvalue weighted by Gasteiger charge is 2.22. The molecule has 0 saturated heterocycles. The maximum absolute atomic E-state index is 10.5. The number of hydrogen-bond acceptors (Lipinski definition) is 4. The minimum absolute atomic E-state index is 0.559. The summed E-state index contributed by atoms with van der Waals surface area (Å²) >= 11 is 0. The van der Waals surface area contributed by atoms with Crippen molar-refractivity contribution < 1.29 is 5.11 Å². The second kappa shape index (κ2) is 8.25. The Morgan fingerprint density at radius 2 is 1.85 bits per heavy atom. The van der Waals surface area contributed by atoms with Crippen molar-refractivity contribution in [2.75, 3.05) is 6.54 Å². The molecule has 2 N–H and O–H groups in total. The van der Waals surface area contributed by atoms with Crippen LogP contribution in [-0.2, 0) is 6.54 Å². The lowest BCUT2D eigenvalue weighted by Gasteiger charge is -2.25. The van der Waals surface area contributed by atoms with E-state index in [4.69, 9.17) is 5.10 Å². The zero-order chi connectivity index (χ0) is 18.4. The number of benzene rings is 1. The number of aliphatic hydroxyl groups is 1. The molecule has 5 heteroatoms. The summed E-state index contributed by atoms with van der Waals surface area (Å²) in [7, 11) is 0. The van der Waals surface area contributed by atoms with E-state index >= 15 is 0 Å². The van der Waals surface area contributed by atoms with E-state index in [9.17, 15) is 5.11 Å². The van der Waals surface area contributed by atoms with E-state index in [2.05, 4.69) is 10.3 Å². The van der Waals surface area contributed by atoms with Crippen LogP contribution in [0.1, 0.15) is 32.3 Å². The molecule has 0 aliphatic heterocycles. The van der Waals surface area contributed by atoms with Gasteiger partial charge in [0.05, 0.1) is 17.0 Å². The van der Waals surface area contributed by atoms with Crippen molar-refractivity contribution in [2.24, 2.45) is 0 Å². The number of nitrogens with one attached hydrogen (secondary N) is 1. The van der Waals surface area contributed by atoms with Crippen molar-refractivity contribution >= 4 is 0 Å². The molecular weight excluding hydrogens is 324 g/mol. The van der Waals surface area contributed by atoms with Crippen LogP contribution in [0.2, 0.25) is 0 Å². The zero-order valence-corrected chi connectivity index (χ0v) is 15.4. The molecule has 0 unspecified atom stereocenters. The Kier molecular flexibility index (Phi) is 5.81. The monoisotopic (exact) mass is 350 g/mol. The van der Waals surface area contributed by atoms with E-state index in [1.165, 1.54) is 0 Å². The molecule has 2 heterocycles. The van der Waals surface area contributed by atoms with Crippen LogP contribution in [0.4, 0.5) is 0 Å². The van der Waals surface area contributed by atoms with E-state index < -0.39 is 5.60 Å². The third-order valence-electron chi connectivity index (χ3n) is 4.83. The lowest BCUT2D eigenvalue weighted by atomic mass is 9.97. The van der Waals surface area contributed by atoms with Crippen molar-refractivity contribution in [1.29, 1.82) is 0 Å². The first-order valence-electron chi connectivity index (χ1n) is 9.12. The molecule has 0 aliphatic carbocycles. The maximum atomic E-state index is 10.5. The summed E-state index contributed by atoms with van der Waals surface area (Å²) < 4.78 is 1.89. The summed E-state index contributed by atoms with van der Waals surface area (Å²) in [5.74, 6) is 0. The van der Waals surface area contributed by atoms with Crippen LogP contribution in [0.25, 0.3) is 16.9 Å². The predicted molar refractivity (Wildman–Crippen MR) is 104 cm³/mol. The predicted octanol–water partition coefficient (Wildman–Crippen LogP) is 3.58. The molecule has 0 bridgehead atoms. The van der Waals surface area contributed by atoms with Crippen molar-refractivity contribution in [2.45, 2.75) is 38.8 Å². The number of pyridine rings is 1. The number of nitrogens with zero attached hydrogens (tertiary/aromatic N) is 3. The van der Waals surface area contributed by atoms with Gasteiger partial charge in [-0.25, -0.2) is 4.68 Å². The minimum atomic E-state index is -0.663. The molecule has 0 spiro atoms.